The van der Waals surface area contributed by atoms with Crippen molar-refractivity contribution in [2.24, 2.45) is 5.41 Å². The maximum Gasteiger partial charge on any atom is 0.310 e. The number of piperidine rings is 1. The first-order valence-corrected chi connectivity index (χ1v) is 11.3. The second-order valence-electron chi connectivity index (χ2n) is 9.87. The molecule has 1 aliphatic rings. The van der Waals surface area contributed by atoms with E-state index in [1.54, 1.807) is 20.8 Å². The van der Waals surface area contributed by atoms with Crippen molar-refractivity contribution in [3.63, 3.8) is 0 Å². The van der Waals surface area contributed by atoms with Crippen LogP contribution in [0.1, 0.15) is 78.3 Å². The number of carbonyl (C=O) groups excluding carboxylic acids is 1. The highest BCUT2D eigenvalue weighted by Crippen LogP contribution is 2.39. The number of hydrogen-bond acceptors (Lipinski definition) is 5. The van der Waals surface area contributed by atoms with Crippen LogP contribution in [0.15, 0.2) is 4.47 Å². The molecule has 0 saturated carbocycles. The molecule has 1 aromatic heterocycles. The summed E-state index contributed by atoms with van der Waals surface area (Å²) in [6, 6.07) is 0. The summed E-state index contributed by atoms with van der Waals surface area (Å²) in [5, 5.41) is 8.52. The predicted molar refractivity (Wildman–Crippen MR) is 127 cm³/mol. The third-order valence-electron chi connectivity index (χ3n) is 4.68. The summed E-state index contributed by atoms with van der Waals surface area (Å²) in [7, 11) is 0. The lowest BCUT2D eigenvalue weighted by Crippen LogP contribution is -2.38. The number of aryl methyl sites for hydroxylation is 1. The highest BCUT2D eigenvalue weighted by Gasteiger charge is 2.29. The largest absolute Gasteiger partial charge is 0.463 e. The van der Waals surface area contributed by atoms with E-state index in [2.05, 4.69) is 45.6 Å². The number of carbonyl (C=O) groups is 1. The van der Waals surface area contributed by atoms with E-state index in [-0.39, 0.29) is 18.5 Å². The van der Waals surface area contributed by atoms with Gasteiger partial charge in [0.15, 0.2) is 0 Å². The van der Waals surface area contributed by atoms with Crippen LogP contribution in [0, 0.1) is 24.7 Å². The molecule has 0 atom stereocenters. The molecule has 2 heterocycles. The Morgan fingerprint density at radius 2 is 1.83 bits per heavy atom. The van der Waals surface area contributed by atoms with Gasteiger partial charge in [-0.15, -0.1) is 6.42 Å². The fourth-order valence-electron chi connectivity index (χ4n) is 3.12. The van der Waals surface area contributed by atoms with Gasteiger partial charge in [-0.05, 0) is 81.6 Å². The fraction of sp³-hybridized carbons (Fsp3) is 0.667. The van der Waals surface area contributed by atoms with E-state index in [9.17, 15) is 4.79 Å². The van der Waals surface area contributed by atoms with Gasteiger partial charge in [-0.3, -0.25) is 4.79 Å². The molecule has 0 spiro atoms. The molecular formula is C24H37BrN2O3. The van der Waals surface area contributed by atoms with E-state index in [1.165, 1.54) is 0 Å². The molecule has 1 aromatic rings. The van der Waals surface area contributed by atoms with Crippen LogP contribution in [0.5, 0.6) is 0 Å². The lowest BCUT2D eigenvalue weighted by Gasteiger charge is -2.39. The molecule has 1 N–H and O–H groups in total. The normalized spacial score (nSPS) is 15.9. The summed E-state index contributed by atoms with van der Waals surface area (Å²) in [4.78, 5) is 19.1. The van der Waals surface area contributed by atoms with Crippen LogP contribution in [0.4, 0.5) is 5.69 Å². The Bertz CT molecular complexity index is 773. The van der Waals surface area contributed by atoms with Gasteiger partial charge in [-0.25, -0.2) is 4.98 Å². The molecule has 0 radical (unpaired) electrons. The van der Waals surface area contributed by atoms with E-state index in [0.717, 1.165) is 47.3 Å². The topological polar surface area (TPSA) is 62.7 Å². The number of aromatic nitrogens is 1. The second kappa shape index (κ2) is 10.6. The fourth-order valence-corrected chi connectivity index (χ4v) is 3.81. The summed E-state index contributed by atoms with van der Waals surface area (Å²) < 4.78 is 6.14. The van der Waals surface area contributed by atoms with Gasteiger partial charge >= 0.3 is 5.97 Å². The minimum Gasteiger partial charge on any atom is -0.463 e. The van der Waals surface area contributed by atoms with Crippen molar-refractivity contribution in [2.45, 2.75) is 86.4 Å². The number of pyridine rings is 1. The molecule has 0 aromatic carbocycles. The van der Waals surface area contributed by atoms with Crippen molar-refractivity contribution in [1.82, 2.24) is 4.98 Å². The van der Waals surface area contributed by atoms with Gasteiger partial charge < -0.3 is 14.7 Å². The third kappa shape index (κ3) is 8.65. The molecule has 2 rings (SSSR count). The van der Waals surface area contributed by atoms with Gasteiger partial charge in [0.2, 0.25) is 0 Å². The lowest BCUT2D eigenvalue weighted by atomic mass is 9.82. The van der Waals surface area contributed by atoms with Gasteiger partial charge in [-0.1, -0.05) is 13.8 Å². The maximum absolute atomic E-state index is 12.3. The van der Waals surface area contributed by atoms with E-state index in [1.807, 2.05) is 20.8 Å². The smallest absolute Gasteiger partial charge is 0.310 e. The molecule has 1 fully saturated rings. The van der Waals surface area contributed by atoms with Crippen molar-refractivity contribution in [3.05, 3.63) is 21.4 Å². The van der Waals surface area contributed by atoms with Crippen LogP contribution in [0.3, 0.4) is 0 Å². The quantitative estimate of drug-likeness (QED) is 0.483. The van der Waals surface area contributed by atoms with Crippen LogP contribution < -0.4 is 4.90 Å². The van der Waals surface area contributed by atoms with Crippen LogP contribution in [0.2, 0.25) is 0 Å². The van der Waals surface area contributed by atoms with Gasteiger partial charge in [-0.2, -0.15) is 0 Å². The average Bonchev–Trinajstić information content (AvgIpc) is 2.56. The second-order valence-corrected chi connectivity index (χ2v) is 10.7. The number of esters is 1. The van der Waals surface area contributed by atoms with Gasteiger partial charge in [0.1, 0.15) is 5.69 Å². The highest BCUT2D eigenvalue weighted by atomic mass is 79.9. The molecule has 5 nitrogen and oxygen atoms in total. The summed E-state index contributed by atoms with van der Waals surface area (Å²) in [5.74, 6) is 2.41. The maximum atomic E-state index is 12.3. The van der Waals surface area contributed by atoms with E-state index in [4.69, 9.17) is 16.3 Å². The first kappa shape index (κ1) is 26.5. The summed E-state index contributed by atoms with van der Waals surface area (Å²) in [6.07, 6.45) is 7.90. The molecule has 1 saturated heterocycles. The summed E-state index contributed by atoms with van der Waals surface area (Å²) in [6.45, 7) is 17.3. The number of rotatable bonds is 4. The number of nitrogens with zero attached hydrogens (tertiary/aromatic N) is 2. The number of ether oxygens (including phenoxy) is 1. The highest BCUT2D eigenvalue weighted by molar-refractivity contribution is 9.10. The lowest BCUT2D eigenvalue weighted by molar-refractivity contribution is -0.146. The summed E-state index contributed by atoms with van der Waals surface area (Å²) >= 11 is 3.63. The molecule has 0 amide bonds. The number of halogens is 1. The Hall–Kier alpha value is -1.58. The third-order valence-corrected chi connectivity index (χ3v) is 5.43. The molecule has 30 heavy (non-hydrogen) atoms. The van der Waals surface area contributed by atoms with E-state index < -0.39 is 5.60 Å². The van der Waals surface area contributed by atoms with Gasteiger partial charge in [0.25, 0.3) is 0 Å². The minimum absolute atomic E-state index is 0.131. The Balaban J connectivity index is 0.000000804. The van der Waals surface area contributed by atoms with Gasteiger partial charge in [0.05, 0.1) is 28.3 Å². The zero-order valence-electron chi connectivity index (χ0n) is 19.7. The first-order valence-electron chi connectivity index (χ1n) is 10.5. The SMILES string of the molecule is C#Cc1nc(C)c(CC(=O)OC(C)C)c(N2CCC(C)(C)CC2)c1Br.CC(C)(C)O. The van der Waals surface area contributed by atoms with Crippen LogP contribution in [0.25, 0.3) is 0 Å². The predicted octanol–water partition coefficient (Wildman–Crippen LogP) is 5.03. The number of hydrogen-bond donors (Lipinski definition) is 1. The van der Waals surface area contributed by atoms with Gasteiger partial charge in [0, 0.05) is 24.3 Å². The molecular weight excluding hydrogens is 444 g/mol. The van der Waals surface area contributed by atoms with Crippen molar-refractivity contribution in [1.29, 1.82) is 0 Å². The Labute approximate surface area is 190 Å². The summed E-state index contributed by atoms with van der Waals surface area (Å²) in [5.41, 5.74) is 3.11. The Morgan fingerprint density at radius 3 is 2.27 bits per heavy atom. The zero-order chi connectivity index (χ0) is 23.3. The molecule has 168 valence electrons. The number of terminal acetylenes is 1. The molecule has 0 unspecified atom stereocenters. The van der Waals surface area contributed by atoms with E-state index >= 15 is 0 Å². The van der Waals surface area contributed by atoms with E-state index in [0.29, 0.717) is 11.1 Å². The Morgan fingerprint density at radius 1 is 1.33 bits per heavy atom. The monoisotopic (exact) mass is 480 g/mol. The first-order chi connectivity index (χ1) is 13.6. The standard InChI is InChI=1S/C20H27BrN2O2.C4H10O/c1-7-16-18(21)19(23-10-8-20(5,6)9-11-23)15(14(4)22-16)12-17(24)25-13(2)3;1-4(2,3)5/h1,13H,8-12H2,2-6H3;5H,1-3H3. The molecule has 6 heteroatoms. The zero-order valence-corrected chi connectivity index (χ0v) is 21.3. The van der Waals surface area contributed by atoms with Crippen molar-refractivity contribution in [3.8, 4) is 12.3 Å². The average molecular weight is 481 g/mol. The van der Waals surface area contributed by atoms with Crippen molar-refractivity contribution < 1.29 is 14.6 Å². The molecule has 0 bridgehead atoms. The number of anilines is 1. The Kier molecular flexibility index (Phi) is 9.38. The molecule has 1 aliphatic heterocycles. The minimum atomic E-state index is -0.500. The van der Waals surface area contributed by atoms with Crippen LogP contribution >= 0.6 is 15.9 Å². The molecule has 0 aliphatic carbocycles. The van der Waals surface area contributed by atoms with Crippen molar-refractivity contribution >= 4 is 27.6 Å². The van der Waals surface area contributed by atoms with Crippen LogP contribution in [-0.2, 0) is 16.0 Å². The number of aliphatic hydroxyl groups is 1. The van der Waals surface area contributed by atoms with Crippen molar-refractivity contribution in [2.75, 3.05) is 18.0 Å². The van der Waals surface area contributed by atoms with Crippen LogP contribution in [-0.4, -0.2) is 40.9 Å².